The Labute approximate surface area is 163 Å². The summed E-state index contributed by atoms with van der Waals surface area (Å²) in [6, 6.07) is 12.9. The highest BCUT2D eigenvalue weighted by Crippen LogP contribution is 2.33. The Hall–Kier alpha value is -2.31. The maximum Gasteiger partial charge on any atom is 0.231 e. The van der Waals surface area contributed by atoms with E-state index in [1.54, 1.807) is 0 Å². The van der Waals surface area contributed by atoms with Crippen LogP contribution < -0.4 is 14.4 Å². The van der Waals surface area contributed by atoms with Crippen molar-refractivity contribution in [3.05, 3.63) is 47.5 Å². The van der Waals surface area contributed by atoms with Gasteiger partial charge in [0.15, 0.2) is 16.6 Å². The van der Waals surface area contributed by atoms with E-state index >= 15 is 0 Å². The summed E-state index contributed by atoms with van der Waals surface area (Å²) in [6.45, 7) is 7.61. The van der Waals surface area contributed by atoms with Gasteiger partial charge in [0.05, 0.1) is 10.2 Å². The summed E-state index contributed by atoms with van der Waals surface area (Å²) in [5, 5.41) is 1.15. The Kier molecular flexibility index (Phi) is 4.38. The minimum absolute atomic E-state index is 0.333. The summed E-state index contributed by atoms with van der Waals surface area (Å²) in [4.78, 5) is 9.78. The first-order chi connectivity index (χ1) is 13.3. The first kappa shape index (κ1) is 16.8. The molecule has 1 aromatic heterocycles. The molecule has 140 valence electrons. The molecule has 0 N–H and O–H groups in total. The van der Waals surface area contributed by atoms with Gasteiger partial charge in [0.25, 0.3) is 0 Å². The first-order valence-electron chi connectivity index (χ1n) is 9.54. The van der Waals surface area contributed by atoms with E-state index in [1.165, 1.54) is 15.8 Å². The lowest BCUT2D eigenvalue weighted by atomic mass is 10.1. The molecular weight excluding hydrogens is 358 g/mol. The van der Waals surface area contributed by atoms with E-state index in [2.05, 4.69) is 47.1 Å². The Morgan fingerprint density at radius 1 is 0.963 bits per heavy atom. The number of piperazine rings is 1. The van der Waals surface area contributed by atoms with Gasteiger partial charge in [-0.2, -0.15) is 0 Å². The zero-order valence-electron chi connectivity index (χ0n) is 15.5. The van der Waals surface area contributed by atoms with Gasteiger partial charge in [-0.15, -0.1) is 0 Å². The van der Waals surface area contributed by atoms with E-state index in [0.29, 0.717) is 6.79 Å². The summed E-state index contributed by atoms with van der Waals surface area (Å²) < 4.78 is 12.2. The van der Waals surface area contributed by atoms with Gasteiger partial charge in [-0.3, -0.25) is 4.90 Å². The molecule has 0 unspecified atom stereocenters. The van der Waals surface area contributed by atoms with E-state index in [0.717, 1.165) is 61.3 Å². The molecule has 0 bridgehead atoms. The van der Waals surface area contributed by atoms with Crippen LogP contribution in [0.4, 0.5) is 5.13 Å². The van der Waals surface area contributed by atoms with E-state index < -0.39 is 0 Å². The van der Waals surface area contributed by atoms with Crippen LogP contribution in [0.15, 0.2) is 36.4 Å². The third-order valence-corrected chi connectivity index (χ3v) is 6.41. The van der Waals surface area contributed by atoms with Crippen LogP contribution in [0, 0.1) is 0 Å². The lowest BCUT2D eigenvalue weighted by Crippen LogP contribution is -2.45. The second-order valence-electron chi connectivity index (χ2n) is 7.10. The number of hydrogen-bond donors (Lipinski definition) is 0. The second-order valence-corrected chi connectivity index (χ2v) is 8.11. The molecule has 27 heavy (non-hydrogen) atoms. The van der Waals surface area contributed by atoms with E-state index in [9.17, 15) is 0 Å². The number of anilines is 1. The number of aromatic nitrogens is 1. The zero-order chi connectivity index (χ0) is 18.2. The molecule has 3 heterocycles. The topological polar surface area (TPSA) is 37.8 Å². The van der Waals surface area contributed by atoms with Crippen LogP contribution in [0.5, 0.6) is 11.5 Å². The Balaban J connectivity index is 1.23. The fourth-order valence-corrected chi connectivity index (χ4v) is 4.79. The van der Waals surface area contributed by atoms with Crippen molar-refractivity contribution < 1.29 is 9.47 Å². The van der Waals surface area contributed by atoms with Gasteiger partial charge in [-0.1, -0.05) is 30.4 Å². The Morgan fingerprint density at radius 3 is 2.63 bits per heavy atom. The predicted molar refractivity (Wildman–Crippen MR) is 109 cm³/mol. The number of rotatable bonds is 4. The largest absolute Gasteiger partial charge is 0.454 e. The fourth-order valence-electron chi connectivity index (χ4n) is 3.71. The molecule has 1 fully saturated rings. The fraction of sp³-hybridized carbons (Fsp3) is 0.381. The average molecular weight is 382 g/mol. The quantitative estimate of drug-likeness (QED) is 0.685. The Bertz CT molecular complexity index is 963. The lowest BCUT2D eigenvalue weighted by molar-refractivity contribution is 0.174. The number of benzene rings is 2. The van der Waals surface area contributed by atoms with E-state index in [1.807, 2.05) is 17.4 Å². The van der Waals surface area contributed by atoms with Gasteiger partial charge < -0.3 is 14.4 Å². The molecule has 0 radical (unpaired) electrons. The first-order valence-corrected chi connectivity index (χ1v) is 10.4. The lowest BCUT2D eigenvalue weighted by Gasteiger charge is -2.34. The van der Waals surface area contributed by atoms with Crippen molar-refractivity contribution in [2.24, 2.45) is 0 Å². The molecule has 1 saturated heterocycles. The molecule has 0 aliphatic carbocycles. The summed E-state index contributed by atoms with van der Waals surface area (Å²) in [6.07, 6.45) is 1.07. The SMILES string of the molecule is CCc1ccc2nc(N3CCN(Cc4ccc5c(c4)OCO5)CC3)sc2c1. The van der Waals surface area contributed by atoms with Crippen LogP contribution in [0.2, 0.25) is 0 Å². The third-order valence-electron chi connectivity index (χ3n) is 5.34. The number of thiazole rings is 1. The van der Waals surface area contributed by atoms with Crippen molar-refractivity contribution in [1.29, 1.82) is 0 Å². The van der Waals surface area contributed by atoms with Crippen LogP contribution in [0.25, 0.3) is 10.2 Å². The van der Waals surface area contributed by atoms with Crippen LogP contribution in [0.1, 0.15) is 18.1 Å². The van der Waals surface area contributed by atoms with Crippen molar-refractivity contribution >= 4 is 26.7 Å². The summed E-state index contributed by atoms with van der Waals surface area (Å²) in [5.74, 6) is 1.72. The normalized spacial score (nSPS) is 17.0. The monoisotopic (exact) mass is 381 g/mol. The maximum absolute atomic E-state index is 5.49. The summed E-state index contributed by atoms with van der Waals surface area (Å²) in [5.41, 5.74) is 3.78. The highest BCUT2D eigenvalue weighted by molar-refractivity contribution is 7.22. The molecule has 6 heteroatoms. The van der Waals surface area contributed by atoms with Crippen molar-refractivity contribution in [3.63, 3.8) is 0 Å². The van der Waals surface area contributed by atoms with Crippen molar-refractivity contribution in [2.75, 3.05) is 37.9 Å². The second kappa shape index (κ2) is 7.02. The van der Waals surface area contributed by atoms with Crippen LogP contribution in [-0.2, 0) is 13.0 Å². The Morgan fingerprint density at radius 2 is 1.78 bits per heavy atom. The van der Waals surface area contributed by atoms with Gasteiger partial charge in [0, 0.05) is 32.7 Å². The zero-order valence-corrected chi connectivity index (χ0v) is 16.3. The minimum Gasteiger partial charge on any atom is -0.454 e. The minimum atomic E-state index is 0.333. The average Bonchev–Trinajstić information content (AvgIpc) is 3.34. The van der Waals surface area contributed by atoms with Crippen LogP contribution in [0.3, 0.4) is 0 Å². The highest BCUT2D eigenvalue weighted by Gasteiger charge is 2.21. The van der Waals surface area contributed by atoms with Gasteiger partial charge in [0.2, 0.25) is 6.79 Å². The number of fused-ring (bicyclic) bond motifs is 2. The molecule has 3 aromatic rings. The molecule has 5 nitrogen and oxygen atoms in total. The number of nitrogens with zero attached hydrogens (tertiary/aromatic N) is 3. The van der Waals surface area contributed by atoms with Gasteiger partial charge >= 0.3 is 0 Å². The van der Waals surface area contributed by atoms with Crippen molar-refractivity contribution in [3.8, 4) is 11.5 Å². The van der Waals surface area contributed by atoms with Gasteiger partial charge in [-0.05, 0) is 41.8 Å². The maximum atomic E-state index is 5.49. The summed E-state index contributed by atoms with van der Waals surface area (Å²) in [7, 11) is 0. The molecule has 2 aromatic carbocycles. The molecule has 2 aliphatic heterocycles. The van der Waals surface area contributed by atoms with Gasteiger partial charge in [0.1, 0.15) is 0 Å². The summed E-state index contributed by atoms with van der Waals surface area (Å²) >= 11 is 1.82. The number of aryl methyl sites for hydroxylation is 1. The van der Waals surface area contributed by atoms with Crippen molar-refractivity contribution in [1.82, 2.24) is 9.88 Å². The van der Waals surface area contributed by atoms with E-state index in [4.69, 9.17) is 14.5 Å². The molecule has 0 spiro atoms. The molecule has 0 atom stereocenters. The van der Waals surface area contributed by atoms with Gasteiger partial charge in [-0.25, -0.2) is 4.98 Å². The smallest absolute Gasteiger partial charge is 0.231 e. The number of hydrogen-bond acceptors (Lipinski definition) is 6. The molecule has 5 rings (SSSR count). The van der Waals surface area contributed by atoms with Crippen molar-refractivity contribution in [2.45, 2.75) is 19.9 Å². The van der Waals surface area contributed by atoms with Crippen LogP contribution in [-0.4, -0.2) is 42.9 Å². The van der Waals surface area contributed by atoms with Crippen LogP contribution >= 0.6 is 11.3 Å². The number of ether oxygens (including phenoxy) is 2. The third kappa shape index (κ3) is 3.35. The molecule has 0 amide bonds. The standard InChI is InChI=1S/C21H23N3O2S/c1-2-15-3-5-17-20(12-15)27-21(22-17)24-9-7-23(8-10-24)13-16-4-6-18-19(11-16)26-14-25-18/h3-6,11-12H,2,7-10,13-14H2,1H3. The molecule has 2 aliphatic rings. The molecular formula is C21H23N3O2S. The van der Waals surface area contributed by atoms with E-state index in [-0.39, 0.29) is 0 Å². The molecule has 0 saturated carbocycles. The highest BCUT2D eigenvalue weighted by atomic mass is 32.1. The predicted octanol–water partition coefficient (Wildman–Crippen LogP) is 3.91.